The molecule has 2 N–H and O–H groups in total. The normalized spacial score (nSPS) is 12.0. The molecule has 0 aliphatic carbocycles. The van der Waals surface area contributed by atoms with Crippen molar-refractivity contribution < 1.29 is 14.3 Å². The highest BCUT2D eigenvalue weighted by atomic mass is 35.5. The van der Waals surface area contributed by atoms with Crippen LogP contribution in [-0.4, -0.2) is 60.2 Å². The molecule has 0 radical (unpaired) electrons. The van der Waals surface area contributed by atoms with Crippen molar-refractivity contribution in [2.24, 2.45) is 0 Å². The summed E-state index contributed by atoms with van der Waals surface area (Å²) in [6, 6.07) is 17.7. The number of hydrogen-bond acceptors (Lipinski definition) is 8. The Labute approximate surface area is 272 Å². The molecule has 3 aromatic heterocycles. The van der Waals surface area contributed by atoms with E-state index in [1.54, 1.807) is 47.4 Å². The maximum absolute atomic E-state index is 14.5. The molecule has 1 amide bonds. The fraction of sp³-hybridized carbons (Fsp3) is 0.200. The molecular weight excluding hydrogens is 604 g/mol. The Morgan fingerprint density at radius 1 is 1.02 bits per heavy atom. The molecule has 10 nitrogen and oxygen atoms in total. The van der Waals surface area contributed by atoms with E-state index in [-0.39, 0.29) is 16.5 Å². The zero-order valence-electron chi connectivity index (χ0n) is 26.2. The standard InChI is InChI=1S/C35H35ClN6O4/c1-22(23-8-6-9-26(16-23)40-33(43)10-7-15-41(2)3)42-30-20-32(39-25-11-13-37-14-12-25)38-21-24(30)17-29(35(42)44)28-18-27(45-4)19-31(46-5)34(28)36/h6-14,16-22H,15H2,1-5H3,(H,40,43)(H,37,38,39)/b10-7+. The van der Waals surface area contributed by atoms with Gasteiger partial charge in [-0.3, -0.25) is 14.6 Å². The van der Waals surface area contributed by atoms with Crippen molar-refractivity contribution in [3.05, 3.63) is 112 Å². The van der Waals surface area contributed by atoms with Crippen LogP contribution in [0.4, 0.5) is 17.2 Å². The minimum atomic E-state index is -0.460. The minimum Gasteiger partial charge on any atom is -0.497 e. The fourth-order valence-corrected chi connectivity index (χ4v) is 5.36. The highest BCUT2D eigenvalue weighted by Crippen LogP contribution is 2.39. The molecule has 0 saturated heterocycles. The molecule has 5 aromatic rings. The largest absolute Gasteiger partial charge is 0.497 e. The number of carbonyl (C=O) groups excluding carboxylic acids is 1. The van der Waals surface area contributed by atoms with Gasteiger partial charge in [-0.25, -0.2) is 4.98 Å². The molecular formula is C35H35ClN6O4. The first-order chi connectivity index (χ1) is 22.2. The second kappa shape index (κ2) is 14.3. The number of benzene rings is 2. The number of rotatable bonds is 11. The van der Waals surface area contributed by atoms with E-state index in [2.05, 4.69) is 20.6 Å². The zero-order valence-corrected chi connectivity index (χ0v) is 27.0. The monoisotopic (exact) mass is 638 g/mol. The number of anilines is 3. The van der Waals surface area contributed by atoms with E-state index in [0.717, 1.165) is 16.6 Å². The van der Waals surface area contributed by atoms with Gasteiger partial charge >= 0.3 is 0 Å². The van der Waals surface area contributed by atoms with Crippen molar-refractivity contribution in [1.29, 1.82) is 0 Å². The Bertz CT molecular complexity index is 1960. The van der Waals surface area contributed by atoms with E-state index in [1.165, 1.54) is 20.3 Å². The van der Waals surface area contributed by atoms with E-state index >= 15 is 0 Å². The molecule has 1 unspecified atom stereocenters. The van der Waals surface area contributed by atoms with E-state index in [0.29, 0.717) is 46.2 Å². The molecule has 2 aromatic carbocycles. The third kappa shape index (κ3) is 7.20. The zero-order chi connectivity index (χ0) is 32.8. The maximum atomic E-state index is 14.5. The van der Waals surface area contributed by atoms with Gasteiger partial charge in [0.1, 0.15) is 17.3 Å². The molecule has 46 heavy (non-hydrogen) atoms. The molecule has 236 valence electrons. The van der Waals surface area contributed by atoms with Crippen molar-refractivity contribution in [2.45, 2.75) is 13.0 Å². The number of halogens is 1. The van der Waals surface area contributed by atoms with Crippen LogP contribution in [0.3, 0.4) is 0 Å². The van der Waals surface area contributed by atoms with E-state index < -0.39 is 6.04 Å². The number of methoxy groups -OCH3 is 2. The number of carbonyl (C=O) groups is 1. The Balaban J connectivity index is 1.65. The van der Waals surface area contributed by atoms with Crippen molar-refractivity contribution in [3.63, 3.8) is 0 Å². The molecule has 3 heterocycles. The van der Waals surface area contributed by atoms with Crippen LogP contribution < -0.4 is 25.7 Å². The number of likely N-dealkylation sites (N-methyl/N-ethyl adjacent to an activating group) is 1. The lowest BCUT2D eigenvalue weighted by atomic mass is 10.0. The molecule has 1 atom stereocenters. The van der Waals surface area contributed by atoms with Crippen molar-refractivity contribution in [3.8, 4) is 22.6 Å². The quantitative estimate of drug-likeness (QED) is 0.157. The van der Waals surface area contributed by atoms with Crippen LogP contribution in [0.5, 0.6) is 11.5 Å². The summed E-state index contributed by atoms with van der Waals surface area (Å²) in [4.78, 5) is 37.8. The summed E-state index contributed by atoms with van der Waals surface area (Å²) in [7, 11) is 6.91. The smallest absolute Gasteiger partial charge is 0.259 e. The van der Waals surface area contributed by atoms with Gasteiger partial charge in [-0.15, -0.1) is 0 Å². The molecule has 5 rings (SSSR count). The van der Waals surface area contributed by atoms with Crippen LogP contribution >= 0.6 is 11.6 Å². The number of nitrogens with one attached hydrogen (secondary N) is 2. The topological polar surface area (TPSA) is 111 Å². The number of hydrogen-bond donors (Lipinski definition) is 2. The van der Waals surface area contributed by atoms with Crippen LogP contribution in [0.1, 0.15) is 18.5 Å². The van der Waals surface area contributed by atoms with Crippen molar-refractivity contribution in [1.82, 2.24) is 19.4 Å². The number of amides is 1. The van der Waals surface area contributed by atoms with Gasteiger partial charge in [0, 0.05) is 71.2 Å². The van der Waals surface area contributed by atoms with Crippen LogP contribution in [0.15, 0.2) is 96.2 Å². The van der Waals surface area contributed by atoms with Crippen LogP contribution in [0.25, 0.3) is 22.0 Å². The predicted molar refractivity (Wildman–Crippen MR) is 184 cm³/mol. The lowest BCUT2D eigenvalue weighted by Crippen LogP contribution is -2.26. The van der Waals surface area contributed by atoms with Gasteiger partial charge in [-0.2, -0.15) is 0 Å². The first-order valence-electron chi connectivity index (χ1n) is 14.5. The van der Waals surface area contributed by atoms with Gasteiger partial charge in [-0.1, -0.05) is 29.8 Å². The molecule has 0 aliphatic rings. The van der Waals surface area contributed by atoms with Gasteiger partial charge in [-0.05, 0) is 63.0 Å². The third-order valence-corrected chi connectivity index (χ3v) is 7.79. The Morgan fingerprint density at radius 3 is 2.52 bits per heavy atom. The van der Waals surface area contributed by atoms with Gasteiger partial charge < -0.3 is 29.6 Å². The highest BCUT2D eigenvalue weighted by Gasteiger charge is 2.22. The number of pyridine rings is 3. The van der Waals surface area contributed by atoms with E-state index in [1.807, 2.05) is 68.4 Å². The Morgan fingerprint density at radius 2 is 1.80 bits per heavy atom. The highest BCUT2D eigenvalue weighted by molar-refractivity contribution is 6.35. The number of ether oxygens (including phenoxy) is 2. The van der Waals surface area contributed by atoms with Crippen molar-refractivity contribution >= 4 is 45.6 Å². The summed E-state index contributed by atoms with van der Waals surface area (Å²) in [6.07, 6.45) is 8.39. The summed E-state index contributed by atoms with van der Waals surface area (Å²) >= 11 is 6.77. The summed E-state index contributed by atoms with van der Waals surface area (Å²) in [5.41, 5.74) is 3.42. The van der Waals surface area contributed by atoms with E-state index in [4.69, 9.17) is 21.1 Å². The average molecular weight is 639 g/mol. The van der Waals surface area contributed by atoms with E-state index in [9.17, 15) is 9.59 Å². The number of fused-ring (bicyclic) bond motifs is 1. The van der Waals surface area contributed by atoms with Gasteiger partial charge in [0.05, 0.1) is 30.8 Å². The summed E-state index contributed by atoms with van der Waals surface area (Å²) < 4.78 is 12.7. The predicted octanol–water partition coefficient (Wildman–Crippen LogP) is 6.54. The van der Waals surface area contributed by atoms with Crippen LogP contribution in [0, 0.1) is 0 Å². The molecule has 0 saturated carbocycles. The average Bonchev–Trinajstić information content (AvgIpc) is 3.05. The minimum absolute atomic E-state index is 0.240. The second-order valence-corrected chi connectivity index (χ2v) is 11.2. The van der Waals surface area contributed by atoms with Gasteiger partial charge in [0.25, 0.3) is 5.56 Å². The van der Waals surface area contributed by atoms with Gasteiger partial charge in [0.2, 0.25) is 5.91 Å². The third-order valence-electron chi connectivity index (χ3n) is 7.40. The maximum Gasteiger partial charge on any atom is 0.259 e. The molecule has 11 heteroatoms. The lowest BCUT2D eigenvalue weighted by molar-refractivity contribution is -0.111. The van der Waals surface area contributed by atoms with Crippen LogP contribution in [0.2, 0.25) is 5.02 Å². The summed E-state index contributed by atoms with van der Waals surface area (Å²) in [5, 5.41) is 7.21. The first-order valence-corrected chi connectivity index (χ1v) is 14.9. The molecule has 0 bridgehead atoms. The lowest BCUT2D eigenvalue weighted by Gasteiger charge is -2.22. The Hall–Kier alpha value is -5.19. The molecule has 0 aliphatic heterocycles. The second-order valence-electron chi connectivity index (χ2n) is 10.9. The first kappa shape index (κ1) is 32.2. The summed E-state index contributed by atoms with van der Waals surface area (Å²) in [6.45, 7) is 2.58. The SMILES string of the molecule is COc1cc(OC)c(Cl)c(-c2cc3cnc(Nc4ccncc4)cc3n(C(C)c3cccc(NC(=O)/C=C/CN(C)C)c3)c2=O)c1. The summed E-state index contributed by atoms with van der Waals surface area (Å²) in [5.74, 6) is 1.19. The molecule has 0 fully saturated rings. The Kier molecular flexibility index (Phi) is 10.00. The van der Waals surface area contributed by atoms with Crippen molar-refractivity contribution in [2.75, 3.05) is 45.5 Å². The number of nitrogens with zero attached hydrogens (tertiary/aromatic N) is 4. The van der Waals surface area contributed by atoms with Gasteiger partial charge in [0.15, 0.2) is 0 Å². The van der Waals surface area contributed by atoms with Crippen LogP contribution in [-0.2, 0) is 4.79 Å². The number of aromatic nitrogens is 3. The molecule has 0 spiro atoms. The fourth-order valence-electron chi connectivity index (χ4n) is 5.08.